The van der Waals surface area contributed by atoms with Crippen LogP contribution >= 0.6 is 0 Å². The normalized spacial score (nSPS) is 15.6. The van der Waals surface area contributed by atoms with E-state index in [-0.39, 0.29) is 18.3 Å². The van der Waals surface area contributed by atoms with Crippen molar-refractivity contribution in [3.05, 3.63) is 95.7 Å². The number of aromatic nitrogens is 2. The van der Waals surface area contributed by atoms with Crippen LogP contribution in [0.15, 0.2) is 73.1 Å². The van der Waals surface area contributed by atoms with Crippen molar-refractivity contribution in [2.24, 2.45) is 5.92 Å². The van der Waals surface area contributed by atoms with Gasteiger partial charge < -0.3 is 19.4 Å². The van der Waals surface area contributed by atoms with Crippen molar-refractivity contribution < 1.29 is 13.9 Å². The maximum atomic E-state index is 13.2. The van der Waals surface area contributed by atoms with Gasteiger partial charge in [-0.05, 0) is 67.3 Å². The summed E-state index contributed by atoms with van der Waals surface area (Å²) in [5.74, 6) is 0.488. The number of anilines is 1. The van der Waals surface area contributed by atoms with Crippen LogP contribution in [0.1, 0.15) is 28.0 Å². The van der Waals surface area contributed by atoms with Crippen LogP contribution in [0, 0.1) is 18.7 Å². The Morgan fingerprint density at radius 2 is 1.97 bits per heavy atom. The van der Waals surface area contributed by atoms with E-state index in [1.165, 1.54) is 12.1 Å². The van der Waals surface area contributed by atoms with E-state index >= 15 is 0 Å². The molecule has 7 heteroatoms. The number of imidazole rings is 1. The minimum Gasteiger partial charge on any atom is -0.486 e. The maximum Gasteiger partial charge on any atom is 0.255 e. The zero-order valence-corrected chi connectivity index (χ0v) is 19.1. The highest BCUT2D eigenvalue weighted by atomic mass is 19.1. The Hall–Kier alpha value is -3.87. The number of nitrogens with one attached hydrogen (secondary N) is 1. The summed E-state index contributed by atoms with van der Waals surface area (Å²) >= 11 is 0. The van der Waals surface area contributed by atoms with E-state index in [1.807, 2.05) is 54.0 Å². The van der Waals surface area contributed by atoms with Crippen LogP contribution in [0.25, 0.3) is 5.65 Å². The van der Waals surface area contributed by atoms with Gasteiger partial charge in [-0.1, -0.05) is 18.2 Å². The number of amides is 1. The van der Waals surface area contributed by atoms with Gasteiger partial charge in [0.25, 0.3) is 5.91 Å². The number of carbonyl (C=O) groups is 1. The van der Waals surface area contributed by atoms with Crippen LogP contribution in [0.2, 0.25) is 0 Å². The molecule has 6 nitrogen and oxygen atoms in total. The molecular formula is C27H27FN4O2. The molecule has 2 aromatic heterocycles. The molecule has 4 aromatic rings. The Morgan fingerprint density at radius 1 is 1.15 bits per heavy atom. The molecule has 174 valence electrons. The van der Waals surface area contributed by atoms with Crippen LogP contribution < -0.4 is 15.0 Å². The molecule has 3 heterocycles. The van der Waals surface area contributed by atoms with Crippen LogP contribution in [-0.2, 0) is 6.61 Å². The van der Waals surface area contributed by atoms with Crippen molar-refractivity contribution in [2.45, 2.75) is 20.0 Å². The Bertz CT molecular complexity index is 1300. The molecule has 1 amide bonds. The number of carbonyl (C=O) groups excluding carboxylic acids is 1. The molecule has 0 saturated carbocycles. The van der Waals surface area contributed by atoms with E-state index < -0.39 is 0 Å². The van der Waals surface area contributed by atoms with Gasteiger partial charge in [-0.2, -0.15) is 0 Å². The fourth-order valence-electron chi connectivity index (χ4n) is 4.42. The van der Waals surface area contributed by atoms with E-state index in [2.05, 4.69) is 15.2 Å². The molecule has 0 aliphatic carbocycles. The number of para-hydroxylation sites is 1. The standard InChI is InChI=1S/C27H27FN4O2/c1-19-5-4-13-32-17-22(30-26(19)32)18-34-25-7-3-2-6-24(25)27(33)29-15-20-12-14-31(16-20)23-10-8-21(28)9-11-23/h2-11,13,17,20H,12,14-16,18H2,1H3,(H,29,33). The van der Waals surface area contributed by atoms with Gasteiger partial charge in [0.1, 0.15) is 23.8 Å². The quantitative estimate of drug-likeness (QED) is 0.439. The second-order valence-corrected chi connectivity index (χ2v) is 8.73. The SMILES string of the molecule is Cc1cccn2cc(COc3ccccc3C(=O)NCC3CCN(c4ccc(F)cc4)C3)nc12. The second-order valence-electron chi connectivity index (χ2n) is 8.73. The minimum absolute atomic E-state index is 0.151. The highest BCUT2D eigenvalue weighted by Gasteiger charge is 2.24. The van der Waals surface area contributed by atoms with E-state index in [4.69, 9.17) is 4.74 Å². The number of fused-ring (bicyclic) bond motifs is 1. The number of halogens is 1. The highest BCUT2D eigenvalue weighted by Crippen LogP contribution is 2.24. The molecule has 2 aromatic carbocycles. The lowest BCUT2D eigenvalue weighted by molar-refractivity contribution is 0.0943. The number of rotatable bonds is 7. The molecule has 0 spiro atoms. The van der Waals surface area contributed by atoms with E-state index in [1.54, 1.807) is 18.2 Å². The average Bonchev–Trinajstić information content (AvgIpc) is 3.50. The number of benzene rings is 2. The third kappa shape index (κ3) is 4.73. The van der Waals surface area contributed by atoms with Gasteiger partial charge in [-0.3, -0.25) is 4.79 Å². The number of ether oxygens (including phenoxy) is 1. The number of hydrogen-bond acceptors (Lipinski definition) is 4. The molecule has 1 aliphatic heterocycles. The lowest BCUT2D eigenvalue weighted by Gasteiger charge is -2.19. The molecule has 1 unspecified atom stereocenters. The molecule has 1 atom stereocenters. The first-order chi connectivity index (χ1) is 16.6. The van der Waals surface area contributed by atoms with Crippen LogP contribution in [0.5, 0.6) is 5.75 Å². The van der Waals surface area contributed by atoms with Crippen molar-refractivity contribution in [3.63, 3.8) is 0 Å². The summed E-state index contributed by atoms with van der Waals surface area (Å²) in [4.78, 5) is 19.8. The summed E-state index contributed by atoms with van der Waals surface area (Å²) in [5.41, 5.74) is 4.32. The third-order valence-electron chi connectivity index (χ3n) is 6.26. The molecule has 1 N–H and O–H groups in total. The first-order valence-corrected chi connectivity index (χ1v) is 11.5. The summed E-state index contributed by atoms with van der Waals surface area (Å²) in [6.45, 7) is 4.61. The lowest BCUT2D eigenvalue weighted by atomic mass is 10.1. The van der Waals surface area contributed by atoms with Crippen LogP contribution in [0.4, 0.5) is 10.1 Å². The van der Waals surface area contributed by atoms with Crippen LogP contribution in [0.3, 0.4) is 0 Å². The Kier molecular flexibility index (Phi) is 6.16. The predicted molar refractivity (Wildman–Crippen MR) is 130 cm³/mol. The summed E-state index contributed by atoms with van der Waals surface area (Å²) in [5, 5.41) is 3.06. The van der Waals surface area contributed by atoms with Gasteiger partial charge in [-0.25, -0.2) is 9.37 Å². The Labute approximate surface area is 198 Å². The predicted octanol–water partition coefficient (Wildman–Crippen LogP) is 4.62. The topological polar surface area (TPSA) is 58.9 Å². The fraction of sp³-hybridized carbons (Fsp3) is 0.259. The van der Waals surface area contributed by atoms with Gasteiger partial charge >= 0.3 is 0 Å². The molecule has 1 aliphatic rings. The smallest absolute Gasteiger partial charge is 0.255 e. The van der Waals surface area contributed by atoms with Crippen molar-refractivity contribution in [2.75, 3.05) is 24.5 Å². The molecule has 1 saturated heterocycles. The second kappa shape index (κ2) is 9.55. The van der Waals surface area contributed by atoms with Gasteiger partial charge in [0.2, 0.25) is 0 Å². The number of pyridine rings is 1. The third-order valence-corrected chi connectivity index (χ3v) is 6.26. The monoisotopic (exact) mass is 458 g/mol. The van der Waals surface area contributed by atoms with Gasteiger partial charge in [0.15, 0.2) is 0 Å². The minimum atomic E-state index is -0.232. The molecule has 34 heavy (non-hydrogen) atoms. The molecule has 1 fully saturated rings. The van der Waals surface area contributed by atoms with E-state index in [0.717, 1.165) is 42.1 Å². The first kappa shape index (κ1) is 21.9. The van der Waals surface area contributed by atoms with Crippen molar-refractivity contribution in [3.8, 4) is 5.75 Å². The Balaban J connectivity index is 1.18. The van der Waals surface area contributed by atoms with E-state index in [9.17, 15) is 9.18 Å². The highest BCUT2D eigenvalue weighted by molar-refractivity contribution is 5.96. The van der Waals surface area contributed by atoms with Gasteiger partial charge in [0.05, 0.1) is 11.3 Å². The number of hydrogen-bond donors (Lipinski definition) is 1. The van der Waals surface area contributed by atoms with Gasteiger partial charge in [-0.15, -0.1) is 0 Å². The van der Waals surface area contributed by atoms with Crippen LogP contribution in [-0.4, -0.2) is 34.9 Å². The zero-order valence-electron chi connectivity index (χ0n) is 19.1. The summed E-state index contributed by atoms with van der Waals surface area (Å²) in [7, 11) is 0. The van der Waals surface area contributed by atoms with E-state index in [0.29, 0.717) is 23.8 Å². The van der Waals surface area contributed by atoms with Crippen molar-refractivity contribution in [1.29, 1.82) is 0 Å². The molecule has 0 bridgehead atoms. The number of nitrogens with zero attached hydrogens (tertiary/aromatic N) is 3. The molecule has 0 radical (unpaired) electrons. The molecular weight excluding hydrogens is 431 g/mol. The summed E-state index contributed by atoms with van der Waals surface area (Å²) in [6, 6.07) is 17.8. The lowest BCUT2D eigenvalue weighted by Crippen LogP contribution is -2.31. The fourth-order valence-corrected chi connectivity index (χ4v) is 4.42. The maximum absolute atomic E-state index is 13.2. The van der Waals surface area contributed by atoms with Crippen molar-refractivity contribution >= 4 is 17.2 Å². The van der Waals surface area contributed by atoms with Gasteiger partial charge in [0, 0.05) is 37.7 Å². The first-order valence-electron chi connectivity index (χ1n) is 11.5. The average molecular weight is 459 g/mol. The number of aryl methyl sites for hydroxylation is 1. The summed E-state index contributed by atoms with van der Waals surface area (Å²) < 4.78 is 21.2. The summed E-state index contributed by atoms with van der Waals surface area (Å²) in [6.07, 6.45) is 4.88. The largest absolute Gasteiger partial charge is 0.486 e. The molecule has 5 rings (SSSR count). The Morgan fingerprint density at radius 3 is 2.79 bits per heavy atom. The zero-order chi connectivity index (χ0) is 23.5. The van der Waals surface area contributed by atoms with Crippen molar-refractivity contribution in [1.82, 2.24) is 14.7 Å².